The van der Waals surface area contributed by atoms with E-state index in [1.165, 1.54) is 35.0 Å². The summed E-state index contributed by atoms with van der Waals surface area (Å²) in [6, 6.07) is 2.82. The number of carboxylic acid groups (broad SMARTS) is 1. The molecular weight excluding hydrogens is 420 g/mol. The number of hydrogen-bond donors (Lipinski definition) is 2. The van der Waals surface area contributed by atoms with Crippen LogP contribution in [0.5, 0.6) is 0 Å². The normalized spacial score (nSPS) is 23.8. The average Bonchev–Trinajstić information content (AvgIpc) is 3.37. The molecule has 2 N–H and O–H groups in total. The summed E-state index contributed by atoms with van der Waals surface area (Å²) in [5.41, 5.74) is 1.20. The van der Waals surface area contributed by atoms with Crippen LogP contribution in [-0.4, -0.2) is 59.3 Å². The van der Waals surface area contributed by atoms with Crippen LogP contribution in [0.25, 0.3) is 10.4 Å². The molecule has 5 rings (SSSR count). The van der Waals surface area contributed by atoms with Crippen molar-refractivity contribution in [3.05, 3.63) is 58.9 Å². The van der Waals surface area contributed by atoms with Crippen LogP contribution in [0.2, 0.25) is 0 Å². The monoisotopic (exact) mass is 438 g/mol. The van der Waals surface area contributed by atoms with E-state index in [-0.39, 0.29) is 29.0 Å². The number of aliphatic carboxylic acids is 1. The van der Waals surface area contributed by atoms with Crippen molar-refractivity contribution >= 4 is 39.4 Å². The molecule has 4 atom stereocenters. The quantitative estimate of drug-likeness (QED) is 0.459. The van der Waals surface area contributed by atoms with Crippen LogP contribution in [0.1, 0.15) is 34.8 Å². The third kappa shape index (κ3) is 2.68. The molecule has 3 aromatic rings. The second kappa shape index (κ2) is 6.82. The van der Waals surface area contributed by atoms with Crippen LogP contribution >= 0.6 is 11.3 Å². The molecule has 3 aromatic heterocycles. The Kier molecular flexibility index (Phi) is 4.31. The van der Waals surface area contributed by atoms with Crippen molar-refractivity contribution in [1.82, 2.24) is 19.3 Å². The highest BCUT2D eigenvalue weighted by Crippen LogP contribution is 2.51. The van der Waals surface area contributed by atoms with Crippen LogP contribution < -0.4 is 0 Å². The van der Waals surface area contributed by atoms with Crippen molar-refractivity contribution in [1.29, 1.82) is 0 Å². The molecule has 0 unspecified atom stereocenters. The zero-order valence-corrected chi connectivity index (χ0v) is 17.4. The predicted octanol–water partition coefficient (Wildman–Crippen LogP) is 1.67. The number of fused-ring (bicyclic) bond motifs is 2. The molecule has 0 bridgehead atoms. The Labute approximate surface area is 180 Å². The lowest BCUT2D eigenvalue weighted by Gasteiger charge is -2.46. The molecule has 1 saturated heterocycles. The lowest BCUT2D eigenvalue weighted by atomic mass is 9.77. The number of pyridine rings is 1. The van der Waals surface area contributed by atoms with E-state index in [4.69, 9.17) is 0 Å². The largest absolute Gasteiger partial charge is 0.477 e. The van der Waals surface area contributed by atoms with Crippen LogP contribution in [0, 0.1) is 11.8 Å². The number of rotatable bonds is 5. The fourth-order valence-corrected chi connectivity index (χ4v) is 5.83. The van der Waals surface area contributed by atoms with Crippen molar-refractivity contribution in [2.45, 2.75) is 26.0 Å². The zero-order valence-electron chi connectivity index (χ0n) is 16.6. The summed E-state index contributed by atoms with van der Waals surface area (Å²) in [7, 11) is 0. The number of carbonyl (C=O) groups is 3. The molecule has 5 heterocycles. The summed E-state index contributed by atoms with van der Waals surface area (Å²) in [6.45, 7) is 3.41. The van der Waals surface area contributed by atoms with Crippen LogP contribution in [-0.2, 0) is 9.59 Å². The molecule has 0 saturated carbocycles. The van der Waals surface area contributed by atoms with Gasteiger partial charge in [0.05, 0.1) is 22.9 Å². The van der Waals surface area contributed by atoms with Gasteiger partial charge in [-0.2, -0.15) is 0 Å². The first-order chi connectivity index (χ1) is 14.8. The van der Waals surface area contributed by atoms with Gasteiger partial charge in [-0.1, -0.05) is 6.92 Å². The van der Waals surface area contributed by atoms with E-state index < -0.39 is 24.0 Å². The van der Waals surface area contributed by atoms with Gasteiger partial charge in [0.2, 0.25) is 11.7 Å². The molecule has 2 aliphatic rings. The maximum absolute atomic E-state index is 12.9. The fraction of sp³-hybridized carbons (Fsp3) is 0.286. The fourth-order valence-electron chi connectivity index (χ4n) is 4.61. The van der Waals surface area contributed by atoms with Gasteiger partial charge in [-0.15, -0.1) is 11.3 Å². The molecule has 0 aliphatic carbocycles. The van der Waals surface area contributed by atoms with Gasteiger partial charge in [0, 0.05) is 35.6 Å². The Morgan fingerprint density at radius 1 is 1.26 bits per heavy atom. The van der Waals surface area contributed by atoms with E-state index in [1.807, 2.05) is 6.92 Å². The van der Waals surface area contributed by atoms with E-state index in [1.54, 1.807) is 29.7 Å². The molecule has 0 aromatic carbocycles. The number of thiazole rings is 1. The molecular formula is C21H18N4O5S. The Morgan fingerprint density at radius 2 is 1.97 bits per heavy atom. The van der Waals surface area contributed by atoms with Gasteiger partial charge in [0.25, 0.3) is 0 Å². The first kappa shape index (κ1) is 19.6. The number of hydrogen-bond acceptors (Lipinski definition) is 7. The Hall–Kier alpha value is -3.37. The van der Waals surface area contributed by atoms with Gasteiger partial charge in [-0.05, 0) is 19.1 Å². The van der Waals surface area contributed by atoms with Crippen LogP contribution in [0.4, 0.5) is 0 Å². The van der Waals surface area contributed by atoms with Crippen molar-refractivity contribution in [2.24, 2.45) is 11.8 Å². The van der Waals surface area contributed by atoms with Crippen LogP contribution in [0.3, 0.4) is 0 Å². The number of amides is 1. The maximum atomic E-state index is 12.9. The summed E-state index contributed by atoms with van der Waals surface area (Å²) in [4.78, 5) is 48.2. The summed E-state index contributed by atoms with van der Waals surface area (Å²) in [6.07, 6.45) is 5.45. The van der Waals surface area contributed by atoms with Crippen molar-refractivity contribution in [2.75, 3.05) is 0 Å². The van der Waals surface area contributed by atoms with Gasteiger partial charge in [-0.3, -0.25) is 19.0 Å². The first-order valence-corrected chi connectivity index (χ1v) is 10.5. The highest BCUT2D eigenvalue weighted by Gasteiger charge is 2.60. The number of aliphatic hydroxyl groups excluding tert-OH is 1. The van der Waals surface area contributed by atoms with E-state index in [2.05, 4.69) is 9.97 Å². The Balaban J connectivity index is 1.60. The Bertz CT molecular complexity index is 1280. The third-order valence-corrected chi connectivity index (χ3v) is 7.15. The molecule has 2 aliphatic heterocycles. The molecule has 1 fully saturated rings. The highest BCUT2D eigenvalue weighted by atomic mass is 32.1. The number of β-lactam (4-membered cyclic amide) rings is 1. The number of ketones is 1. The molecule has 9 nitrogen and oxygen atoms in total. The summed E-state index contributed by atoms with van der Waals surface area (Å²) in [5.74, 6) is -2.72. The zero-order chi connectivity index (χ0) is 22.0. The summed E-state index contributed by atoms with van der Waals surface area (Å²) in [5, 5.41) is 19.9. The molecule has 158 valence electrons. The predicted molar refractivity (Wildman–Crippen MR) is 110 cm³/mol. The Morgan fingerprint density at radius 3 is 2.61 bits per heavy atom. The number of carbonyl (C=O) groups excluding carboxylic acids is 2. The summed E-state index contributed by atoms with van der Waals surface area (Å²) < 4.78 is 1.69. The molecule has 0 radical (unpaired) electrons. The van der Waals surface area contributed by atoms with E-state index in [9.17, 15) is 24.6 Å². The lowest BCUT2D eigenvalue weighted by Crippen LogP contribution is -2.63. The van der Waals surface area contributed by atoms with Gasteiger partial charge in [0.1, 0.15) is 22.5 Å². The number of imidazole rings is 1. The van der Waals surface area contributed by atoms with Crippen LogP contribution in [0.15, 0.2) is 42.7 Å². The minimum absolute atomic E-state index is 0.0566. The number of nitrogens with zero attached hydrogens (tertiary/aromatic N) is 4. The second-order valence-corrected chi connectivity index (χ2v) is 8.82. The second-order valence-electron chi connectivity index (χ2n) is 7.79. The maximum Gasteiger partial charge on any atom is 0.352 e. The molecule has 31 heavy (non-hydrogen) atoms. The van der Waals surface area contributed by atoms with Gasteiger partial charge >= 0.3 is 5.97 Å². The molecule has 1 amide bonds. The average molecular weight is 438 g/mol. The molecule has 10 heteroatoms. The van der Waals surface area contributed by atoms with Crippen molar-refractivity contribution in [3.8, 4) is 0 Å². The number of aliphatic hydroxyl groups is 1. The van der Waals surface area contributed by atoms with Gasteiger partial charge in [0.15, 0.2) is 0 Å². The number of carboxylic acids is 1. The molecule has 0 spiro atoms. The van der Waals surface area contributed by atoms with Crippen molar-refractivity contribution in [3.63, 3.8) is 0 Å². The van der Waals surface area contributed by atoms with E-state index in [0.29, 0.717) is 20.8 Å². The standard InChI is InChI=1S/C21H18N4O5S/c1-9-13(17(21(29)30)25-16(9)14(10(2)26)19(25)28)12-7-24-8-23-15(20(24)31-12)18(27)11-3-5-22-6-4-11/h3-10,14,16,26H,1-2H3,(H,29,30)/t9-,10+,14+,16+/m0/s1. The SMILES string of the molecule is C[C@@H](O)[C@H]1C(=O)N2C(C(=O)O)=C(c3cn4cnc(C(=O)c5ccncc5)c4s3)[C@H](C)[C@H]12. The van der Waals surface area contributed by atoms with Gasteiger partial charge in [-0.25, -0.2) is 9.78 Å². The van der Waals surface area contributed by atoms with E-state index >= 15 is 0 Å². The lowest BCUT2D eigenvalue weighted by molar-refractivity contribution is -0.163. The van der Waals surface area contributed by atoms with Crippen molar-refractivity contribution < 1.29 is 24.6 Å². The number of aromatic nitrogens is 3. The first-order valence-electron chi connectivity index (χ1n) is 9.71. The van der Waals surface area contributed by atoms with Gasteiger partial charge < -0.3 is 15.1 Å². The summed E-state index contributed by atoms with van der Waals surface area (Å²) >= 11 is 1.26. The smallest absolute Gasteiger partial charge is 0.352 e. The third-order valence-electron chi connectivity index (χ3n) is 6.01. The minimum atomic E-state index is -1.19. The highest BCUT2D eigenvalue weighted by molar-refractivity contribution is 7.18. The minimum Gasteiger partial charge on any atom is -0.477 e. The topological polar surface area (TPSA) is 125 Å². The van der Waals surface area contributed by atoms with E-state index in [0.717, 1.165) is 0 Å².